The maximum absolute atomic E-state index is 5.08. The van der Waals surface area contributed by atoms with Crippen molar-refractivity contribution in [3.05, 3.63) is 16.6 Å². The second kappa shape index (κ2) is 6.11. The SMILES string of the molecule is COCC(C)CNC(C)c1cncs1. The van der Waals surface area contributed by atoms with Gasteiger partial charge in [-0.1, -0.05) is 6.92 Å². The first-order valence-electron chi connectivity index (χ1n) is 4.84. The fraction of sp³-hybridized carbons (Fsp3) is 0.700. The molecule has 0 fully saturated rings. The van der Waals surface area contributed by atoms with Gasteiger partial charge in [-0.05, 0) is 12.8 Å². The van der Waals surface area contributed by atoms with Crippen molar-refractivity contribution in [1.29, 1.82) is 0 Å². The molecule has 2 atom stereocenters. The summed E-state index contributed by atoms with van der Waals surface area (Å²) >= 11 is 1.69. The molecule has 14 heavy (non-hydrogen) atoms. The summed E-state index contributed by atoms with van der Waals surface area (Å²) in [6.07, 6.45) is 1.92. The van der Waals surface area contributed by atoms with Gasteiger partial charge in [-0.3, -0.25) is 4.98 Å². The van der Waals surface area contributed by atoms with Crippen LogP contribution in [0, 0.1) is 5.92 Å². The number of ether oxygens (including phenoxy) is 1. The molecule has 0 amide bonds. The normalized spacial score (nSPS) is 15.4. The van der Waals surface area contributed by atoms with Gasteiger partial charge in [0.25, 0.3) is 0 Å². The molecule has 0 aliphatic rings. The van der Waals surface area contributed by atoms with E-state index in [-0.39, 0.29) is 0 Å². The molecule has 0 spiro atoms. The molecule has 0 saturated heterocycles. The summed E-state index contributed by atoms with van der Waals surface area (Å²) in [5.74, 6) is 0.551. The van der Waals surface area contributed by atoms with E-state index >= 15 is 0 Å². The minimum atomic E-state index is 0.391. The van der Waals surface area contributed by atoms with Crippen LogP contribution < -0.4 is 5.32 Å². The number of aromatic nitrogens is 1. The van der Waals surface area contributed by atoms with Crippen LogP contribution >= 0.6 is 11.3 Å². The highest BCUT2D eigenvalue weighted by atomic mass is 32.1. The molecule has 4 heteroatoms. The minimum absolute atomic E-state index is 0.391. The first kappa shape index (κ1) is 11.6. The Bertz CT molecular complexity index is 238. The molecule has 1 aromatic heterocycles. The lowest BCUT2D eigenvalue weighted by Gasteiger charge is -2.15. The van der Waals surface area contributed by atoms with Gasteiger partial charge in [0.1, 0.15) is 0 Å². The molecular formula is C10H18N2OS. The quantitative estimate of drug-likeness (QED) is 0.787. The van der Waals surface area contributed by atoms with E-state index in [1.165, 1.54) is 4.88 Å². The lowest BCUT2D eigenvalue weighted by Crippen LogP contribution is -2.26. The van der Waals surface area contributed by atoms with Crippen LogP contribution in [0.2, 0.25) is 0 Å². The fourth-order valence-electron chi connectivity index (χ4n) is 1.26. The predicted molar refractivity (Wildman–Crippen MR) is 59.6 cm³/mol. The van der Waals surface area contributed by atoms with Crippen molar-refractivity contribution >= 4 is 11.3 Å². The molecule has 1 rings (SSSR count). The first-order chi connectivity index (χ1) is 6.74. The number of hydrogen-bond donors (Lipinski definition) is 1. The summed E-state index contributed by atoms with van der Waals surface area (Å²) in [4.78, 5) is 5.35. The molecule has 1 heterocycles. The van der Waals surface area contributed by atoms with E-state index in [1.807, 2.05) is 11.7 Å². The fourth-order valence-corrected chi connectivity index (χ4v) is 1.91. The van der Waals surface area contributed by atoms with Crippen LogP contribution in [0.25, 0.3) is 0 Å². The first-order valence-corrected chi connectivity index (χ1v) is 5.72. The van der Waals surface area contributed by atoms with Crippen LogP contribution in [0.4, 0.5) is 0 Å². The Labute approximate surface area is 89.5 Å². The Morgan fingerprint density at radius 3 is 2.93 bits per heavy atom. The maximum Gasteiger partial charge on any atom is 0.0794 e. The lowest BCUT2D eigenvalue weighted by molar-refractivity contribution is 0.157. The van der Waals surface area contributed by atoms with E-state index in [4.69, 9.17) is 4.74 Å². The van der Waals surface area contributed by atoms with Crippen molar-refractivity contribution in [2.45, 2.75) is 19.9 Å². The zero-order valence-electron chi connectivity index (χ0n) is 8.99. The predicted octanol–water partition coefficient (Wildman–Crippen LogP) is 2.08. The number of hydrogen-bond acceptors (Lipinski definition) is 4. The summed E-state index contributed by atoms with van der Waals surface area (Å²) < 4.78 is 5.08. The Morgan fingerprint density at radius 1 is 1.57 bits per heavy atom. The molecule has 1 N–H and O–H groups in total. The van der Waals surface area contributed by atoms with Gasteiger partial charge in [-0.2, -0.15) is 0 Å². The van der Waals surface area contributed by atoms with Crippen molar-refractivity contribution in [2.24, 2.45) is 5.92 Å². The summed E-state index contributed by atoms with van der Waals surface area (Å²) in [5, 5.41) is 3.46. The van der Waals surface area contributed by atoms with Gasteiger partial charge >= 0.3 is 0 Å². The highest BCUT2D eigenvalue weighted by Gasteiger charge is 2.08. The molecule has 0 aromatic carbocycles. The van der Waals surface area contributed by atoms with Crippen molar-refractivity contribution < 1.29 is 4.74 Å². The zero-order chi connectivity index (χ0) is 10.4. The number of nitrogens with one attached hydrogen (secondary N) is 1. The van der Waals surface area contributed by atoms with E-state index in [2.05, 4.69) is 24.1 Å². The third-order valence-electron chi connectivity index (χ3n) is 2.10. The van der Waals surface area contributed by atoms with Crippen LogP contribution in [0.5, 0.6) is 0 Å². The van der Waals surface area contributed by atoms with Crippen molar-refractivity contribution in [1.82, 2.24) is 10.3 Å². The maximum atomic E-state index is 5.08. The third kappa shape index (κ3) is 3.74. The molecule has 0 radical (unpaired) electrons. The number of nitrogens with zero attached hydrogens (tertiary/aromatic N) is 1. The Morgan fingerprint density at radius 2 is 2.36 bits per heavy atom. The molecule has 3 nitrogen and oxygen atoms in total. The molecule has 0 saturated carbocycles. The second-order valence-corrected chi connectivity index (χ2v) is 4.51. The Balaban J connectivity index is 2.24. The van der Waals surface area contributed by atoms with Gasteiger partial charge in [0, 0.05) is 37.4 Å². The minimum Gasteiger partial charge on any atom is -0.384 e. The summed E-state index contributed by atoms with van der Waals surface area (Å²) in [7, 11) is 1.74. The molecule has 1 aromatic rings. The number of thiazole rings is 1. The Hall–Kier alpha value is -0.450. The summed E-state index contributed by atoms with van der Waals surface area (Å²) in [6, 6.07) is 0.391. The van der Waals surface area contributed by atoms with Crippen molar-refractivity contribution in [2.75, 3.05) is 20.3 Å². The van der Waals surface area contributed by atoms with Crippen molar-refractivity contribution in [3.63, 3.8) is 0 Å². The molecule has 0 bridgehead atoms. The summed E-state index contributed by atoms with van der Waals surface area (Å²) in [5.41, 5.74) is 1.87. The van der Waals surface area contributed by atoms with Gasteiger partial charge < -0.3 is 10.1 Å². The number of methoxy groups -OCH3 is 1. The largest absolute Gasteiger partial charge is 0.384 e. The van der Waals surface area contributed by atoms with Crippen LogP contribution in [-0.2, 0) is 4.74 Å². The van der Waals surface area contributed by atoms with Gasteiger partial charge in [-0.15, -0.1) is 11.3 Å². The Kier molecular flexibility index (Phi) is 5.07. The average Bonchev–Trinajstić information content (AvgIpc) is 2.67. The molecule has 0 aliphatic heterocycles. The smallest absolute Gasteiger partial charge is 0.0794 e. The van der Waals surface area contributed by atoms with E-state index in [0.717, 1.165) is 13.2 Å². The average molecular weight is 214 g/mol. The van der Waals surface area contributed by atoms with E-state index in [0.29, 0.717) is 12.0 Å². The molecule has 0 aliphatic carbocycles. The highest BCUT2D eigenvalue weighted by molar-refractivity contribution is 7.09. The van der Waals surface area contributed by atoms with Gasteiger partial charge in [0.15, 0.2) is 0 Å². The van der Waals surface area contributed by atoms with Gasteiger partial charge in [-0.25, -0.2) is 0 Å². The van der Waals surface area contributed by atoms with Gasteiger partial charge in [0.2, 0.25) is 0 Å². The van der Waals surface area contributed by atoms with E-state index in [1.54, 1.807) is 18.4 Å². The van der Waals surface area contributed by atoms with Crippen LogP contribution in [0.15, 0.2) is 11.7 Å². The monoisotopic (exact) mass is 214 g/mol. The molecule has 80 valence electrons. The number of rotatable bonds is 6. The second-order valence-electron chi connectivity index (χ2n) is 3.59. The summed E-state index contributed by atoms with van der Waals surface area (Å²) in [6.45, 7) is 6.12. The van der Waals surface area contributed by atoms with Crippen LogP contribution in [0.1, 0.15) is 24.8 Å². The topological polar surface area (TPSA) is 34.1 Å². The third-order valence-corrected chi connectivity index (χ3v) is 3.06. The van der Waals surface area contributed by atoms with E-state index in [9.17, 15) is 0 Å². The zero-order valence-corrected chi connectivity index (χ0v) is 9.80. The standard InChI is InChI=1S/C10H18N2OS/c1-8(6-13-3)4-12-9(2)10-5-11-7-14-10/h5,7-9,12H,4,6H2,1-3H3. The molecule has 2 unspecified atom stereocenters. The van der Waals surface area contributed by atoms with Crippen LogP contribution in [0.3, 0.4) is 0 Å². The highest BCUT2D eigenvalue weighted by Crippen LogP contribution is 2.16. The van der Waals surface area contributed by atoms with Crippen LogP contribution in [-0.4, -0.2) is 25.2 Å². The van der Waals surface area contributed by atoms with Crippen molar-refractivity contribution in [3.8, 4) is 0 Å². The van der Waals surface area contributed by atoms with Gasteiger partial charge in [0.05, 0.1) is 5.51 Å². The molecular weight excluding hydrogens is 196 g/mol. The van der Waals surface area contributed by atoms with E-state index < -0.39 is 0 Å². The lowest BCUT2D eigenvalue weighted by atomic mass is 10.2.